The summed E-state index contributed by atoms with van der Waals surface area (Å²) in [6, 6.07) is 0. The van der Waals surface area contributed by atoms with Gasteiger partial charge in [-0.2, -0.15) is 0 Å². The van der Waals surface area contributed by atoms with E-state index >= 15 is 0 Å². The van der Waals surface area contributed by atoms with E-state index in [0.29, 0.717) is 0 Å². The molecule has 0 unspecified atom stereocenters. The van der Waals surface area contributed by atoms with Crippen LogP contribution in [0.1, 0.15) is 83.1 Å². The van der Waals surface area contributed by atoms with Crippen LogP contribution in [0.2, 0.25) is 0 Å². The summed E-state index contributed by atoms with van der Waals surface area (Å²) in [4.78, 5) is 0. The van der Waals surface area contributed by atoms with Crippen molar-refractivity contribution in [3.8, 4) is 0 Å². The molecule has 0 aromatic heterocycles. The van der Waals surface area contributed by atoms with Gasteiger partial charge >= 0.3 is 20.4 Å². The smallest absolute Gasteiger partial charge is 1.00 e. The van der Waals surface area contributed by atoms with E-state index in [-0.39, 0.29) is 61.1 Å². The molecule has 0 fully saturated rings. The Morgan fingerprint density at radius 3 is 0.435 bits per heavy atom. The SMILES string of the molecule is CC(C)[PH+](C(C)C)C(C)C.CC(C)[PH+](C(C)C)C(C)C.[Cl-].[Cl-].[Pd+2]. The fraction of sp³-hybridized carbons (Fsp3) is 1.00. The van der Waals surface area contributed by atoms with Crippen molar-refractivity contribution in [2.75, 3.05) is 0 Å². The zero-order valence-corrected chi connectivity index (χ0v) is 22.6. The molecule has 0 aliphatic carbocycles. The Morgan fingerprint density at radius 2 is 0.435 bits per heavy atom. The molecule has 0 saturated carbocycles. The molecule has 0 aromatic rings. The van der Waals surface area contributed by atoms with E-state index in [1.165, 1.54) is 0 Å². The molecule has 23 heavy (non-hydrogen) atoms. The van der Waals surface area contributed by atoms with Gasteiger partial charge in [-0.1, -0.05) is 0 Å². The molecule has 0 rings (SSSR count). The maximum absolute atomic E-state index is 2.37. The standard InChI is InChI=1S/2C9H21P.2ClH.Pd/c2*1-7(2)10(8(3)4)9(5)6;;;/h2*7-9H,1-6H3;2*1H;/q;;;;+2. The molecule has 0 saturated heterocycles. The molecule has 0 atom stereocenters. The molecule has 0 amide bonds. The van der Waals surface area contributed by atoms with Gasteiger partial charge in [0.15, 0.2) is 0 Å². The molecule has 0 N–H and O–H groups in total. The molecular formula is C18H44Cl2P2Pd+2. The number of halogens is 2. The zero-order chi connectivity index (χ0) is 16.6. The summed E-state index contributed by atoms with van der Waals surface area (Å²) in [5, 5.41) is 0. The Morgan fingerprint density at radius 1 is 0.348 bits per heavy atom. The first-order valence-electron chi connectivity index (χ1n) is 8.66. The minimum atomic E-state index is -0.0957. The first-order valence-corrected chi connectivity index (χ1v) is 12.1. The third-order valence-electron chi connectivity index (χ3n) is 4.00. The summed E-state index contributed by atoms with van der Waals surface area (Å²) in [6.45, 7) is 28.4. The third kappa shape index (κ3) is 17.3. The monoisotopic (exact) mass is 498 g/mol. The minimum Gasteiger partial charge on any atom is -1.00 e. The summed E-state index contributed by atoms with van der Waals surface area (Å²) in [5.41, 5.74) is 5.61. The van der Waals surface area contributed by atoms with Crippen molar-refractivity contribution in [2.45, 2.75) is 117 Å². The van der Waals surface area contributed by atoms with Crippen molar-refractivity contribution in [1.29, 1.82) is 0 Å². The summed E-state index contributed by atoms with van der Waals surface area (Å²) >= 11 is 0. The topological polar surface area (TPSA) is 0 Å². The molecule has 148 valence electrons. The predicted octanol–water partition coefficient (Wildman–Crippen LogP) is 0.857. The van der Waals surface area contributed by atoms with Crippen molar-refractivity contribution in [3.05, 3.63) is 0 Å². The fourth-order valence-corrected chi connectivity index (χ4v) is 12.0. The van der Waals surface area contributed by atoms with Crippen LogP contribution < -0.4 is 24.8 Å². The average molecular weight is 500 g/mol. The molecule has 0 heterocycles. The number of rotatable bonds is 6. The van der Waals surface area contributed by atoms with Crippen LogP contribution in [0.3, 0.4) is 0 Å². The largest absolute Gasteiger partial charge is 2.00 e. The Labute approximate surface area is 177 Å². The van der Waals surface area contributed by atoms with Crippen molar-refractivity contribution < 1.29 is 45.2 Å². The van der Waals surface area contributed by atoms with E-state index in [0.717, 1.165) is 34.0 Å². The van der Waals surface area contributed by atoms with Crippen LogP contribution in [0.15, 0.2) is 0 Å². The van der Waals surface area contributed by atoms with Gasteiger partial charge in [0.1, 0.15) is 0 Å². The van der Waals surface area contributed by atoms with Crippen LogP contribution in [0.5, 0.6) is 0 Å². The van der Waals surface area contributed by atoms with Gasteiger partial charge in [0.2, 0.25) is 0 Å². The van der Waals surface area contributed by atoms with Gasteiger partial charge in [-0.15, -0.1) is 0 Å². The van der Waals surface area contributed by atoms with E-state index in [1.807, 2.05) is 0 Å². The molecule has 0 nitrogen and oxygen atoms in total. The maximum Gasteiger partial charge on any atom is 2.00 e. The van der Waals surface area contributed by atoms with Crippen LogP contribution in [0.25, 0.3) is 0 Å². The third-order valence-corrected chi connectivity index (χ3v) is 12.0. The predicted molar refractivity (Wildman–Crippen MR) is 107 cm³/mol. The van der Waals surface area contributed by atoms with Crippen LogP contribution in [0.4, 0.5) is 0 Å². The molecule has 0 aliphatic rings. The minimum absolute atomic E-state index is 0. The normalized spacial score (nSPS) is 11.0. The van der Waals surface area contributed by atoms with Gasteiger partial charge in [0.25, 0.3) is 0 Å². The molecule has 0 aliphatic heterocycles. The van der Waals surface area contributed by atoms with Gasteiger partial charge in [-0.3, -0.25) is 0 Å². The van der Waals surface area contributed by atoms with E-state index in [2.05, 4.69) is 83.1 Å². The van der Waals surface area contributed by atoms with Crippen molar-refractivity contribution >= 4 is 15.8 Å². The quantitative estimate of drug-likeness (QED) is 0.376. The van der Waals surface area contributed by atoms with Crippen molar-refractivity contribution in [3.63, 3.8) is 0 Å². The first-order chi connectivity index (χ1) is 8.93. The van der Waals surface area contributed by atoms with E-state index in [9.17, 15) is 0 Å². The average Bonchev–Trinajstić information content (AvgIpc) is 2.12. The zero-order valence-electron chi connectivity index (χ0n) is 17.5. The molecule has 0 bridgehead atoms. The Kier molecular flexibility index (Phi) is 29.6. The van der Waals surface area contributed by atoms with E-state index < -0.39 is 0 Å². The maximum atomic E-state index is 2.37. The first kappa shape index (κ1) is 36.1. The van der Waals surface area contributed by atoms with E-state index in [1.54, 1.807) is 0 Å². The van der Waals surface area contributed by atoms with Crippen LogP contribution in [0, 0.1) is 0 Å². The van der Waals surface area contributed by atoms with Crippen molar-refractivity contribution in [2.24, 2.45) is 0 Å². The van der Waals surface area contributed by atoms with Crippen LogP contribution >= 0.6 is 15.8 Å². The molecular weight excluding hydrogens is 455 g/mol. The second-order valence-corrected chi connectivity index (χ2v) is 16.9. The summed E-state index contributed by atoms with van der Waals surface area (Å²) in [7, 11) is -0.191. The van der Waals surface area contributed by atoms with Crippen molar-refractivity contribution in [1.82, 2.24) is 0 Å². The van der Waals surface area contributed by atoms with Gasteiger partial charge in [0, 0.05) is 15.8 Å². The molecule has 0 radical (unpaired) electrons. The Hall–Kier alpha value is 2.10. The van der Waals surface area contributed by atoms with Crippen LogP contribution in [-0.4, -0.2) is 34.0 Å². The summed E-state index contributed by atoms with van der Waals surface area (Å²) < 4.78 is 0. The van der Waals surface area contributed by atoms with Gasteiger partial charge in [-0.25, -0.2) is 0 Å². The fourth-order valence-electron chi connectivity index (χ4n) is 4.00. The Balaban J connectivity index is -0.0000000831. The van der Waals surface area contributed by atoms with Gasteiger partial charge in [0.05, 0.1) is 34.0 Å². The molecule has 0 spiro atoms. The van der Waals surface area contributed by atoms with E-state index in [4.69, 9.17) is 0 Å². The molecule has 0 aromatic carbocycles. The second kappa shape index (κ2) is 18.9. The summed E-state index contributed by atoms with van der Waals surface area (Å²) in [6.07, 6.45) is 0. The van der Waals surface area contributed by atoms with Crippen LogP contribution in [-0.2, 0) is 20.4 Å². The summed E-state index contributed by atoms with van der Waals surface area (Å²) in [5.74, 6) is 0. The van der Waals surface area contributed by atoms with Gasteiger partial charge < -0.3 is 24.8 Å². The Bertz CT molecular complexity index is 171. The number of hydrogen-bond donors (Lipinski definition) is 0. The van der Waals surface area contributed by atoms with Gasteiger partial charge in [-0.05, 0) is 83.1 Å². The number of hydrogen-bond acceptors (Lipinski definition) is 0. The molecule has 5 heteroatoms. The second-order valence-electron chi connectivity index (χ2n) is 7.93.